The van der Waals surface area contributed by atoms with Crippen LogP contribution in [0.1, 0.15) is 58.9 Å². The predicted molar refractivity (Wildman–Crippen MR) is 94.0 cm³/mol. The summed E-state index contributed by atoms with van der Waals surface area (Å²) in [6.07, 6.45) is 5.29. The molecule has 1 aliphatic rings. The van der Waals surface area contributed by atoms with Gasteiger partial charge in [0.25, 0.3) is 0 Å². The quantitative estimate of drug-likeness (QED) is 0.838. The van der Waals surface area contributed by atoms with Gasteiger partial charge in [0.2, 0.25) is 5.91 Å². The number of hydrogen-bond acceptors (Lipinski definition) is 2. The molecule has 0 aromatic heterocycles. The Morgan fingerprint density at radius 1 is 1.27 bits per heavy atom. The van der Waals surface area contributed by atoms with Gasteiger partial charge in [0.1, 0.15) is 0 Å². The Bertz CT molecular complexity index is 516. The predicted octanol–water partition coefficient (Wildman–Crippen LogP) is 4.40. The summed E-state index contributed by atoms with van der Waals surface area (Å²) in [5.74, 6) is 1.16. The van der Waals surface area contributed by atoms with Gasteiger partial charge in [0, 0.05) is 12.0 Å². The SMILES string of the molecule is CCc1ccc(N)c(N(C(=O)C2CCC(C)CC2)C(C)C)c1. The summed E-state index contributed by atoms with van der Waals surface area (Å²) in [5.41, 5.74) is 8.99. The van der Waals surface area contributed by atoms with E-state index in [4.69, 9.17) is 5.73 Å². The van der Waals surface area contributed by atoms with E-state index >= 15 is 0 Å². The smallest absolute Gasteiger partial charge is 0.230 e. The van der Waals surface area contributed by atoms with Crippen molar-refractivity contribution >= 4 is 17.3 Å². The zero-order chi connectivity index (χ0) is 16.3. The van der Waals surface area contributed by atoms with Crippen LogP contribution in [0.2, 0.25) is 0 Å². The molecule has 122 valence electrons. The molecule has 0 radical (unpaired) electrons. The third-order valence-corrected chi connectivity index (χ3v) is 4.88. The minimum atomic E-state index is 0.126. The Morgan fingerprint density at radius 3 is 2.45 bits per heavy atom. The molecule has 0 atom stereocenters. The number of benzene rings is 1. The van der Waals surface area contributed by atoms with E-state index in [1.165, 1.54) is 5.56 Å². The Balaban J connectivity index is 2.28. The molecule has 0 spiro atoms. The number of amides is 1. The third-order valence-electron chi connectivity index (χ3n) is 4.88. The maximum atomic E-state index is 13.1. The summed E-state index contributed by atoms with van der Waals surface area (Å²) < 4.78 is 0. The highest BCUT2D eigenvalue weighted by atomic mass is 16.2. The van der Waals surface area contributed by atoms with Gasteiger partial charge in [0.05, 0.1) is 11.4 Å². The molecule has 2 rings (SSSR count). The number of nitrogens with two attached hydrogens (primary N) is 1. The molecule has 1 aliphatic carbocycles. The second-order valence-corrected chi connectivity index (χ2v) is 7.01. The van der Waals surface area contributed by atoms with Gasteiger partial charge in [-0.25, -0.2) is 0 Å². The molecule has 0 unspecified atom stereocenters. The van der Waals surface area contributed by atoms with Crippen molar-refractivity contribution in [3.8, 4) is 0 Å². The first-order chi connectivity index (χ1) is 10.4. The summed E-state index contributed by atoms with van der Waals surface area (Å²) >= 11 is 0. The minimum Gasteiger partial charge on any atom is -0.397 e. The van der Waals surface area contributed by atoms with Crippen LogP contribution in [-0.4, -0.2) is 11.9 Å². The van der Waals surface area contributed by atoms with Gasteiger partial charge < -0.3 is 10.6 Å². The summed E-state index contributed by atoms with van der Waals surface area (Å²) in [7, 11) is 0. The highest BCUT2D eigenvalue weighted by Gasteiger charge is 2.31. The molecule has 0 heterocycles. The molecule has 3 heteroatoms. The maximum absolute atomic E-state index is 13.1. The minimum absolute atomic E-state index is 0.126. The molecule has 0 bridgehead atoms. The van der Waals surface area contributed by atoms with Gasteiger partial charge in [-0.05, 0) is 69.6 Å². The van der Waals surface area contributed by atoms with Gasteiger partial charge in [-0.3, -0.25) is 4.79 Å². The number of aryl methyl sites for hydroxylation is 1. The normalized spacial score (nSPS) is 21.9. The van der Waals surface area contributed by atoms with E-state index in [1.807, 2.05) is 17.0 Å². The van der Waals surface area contributed by atoms with Crippen molar-refractivity contribution in [2.24, 2.45) is 11.8 Å². The maximum Gasteiger partial charge on any atom is 0.230 e. The molecule has 1 aromatic carbocycles. The van der Waals surface area contributed by atoms with Crippen LogP contribution >= 0.6 is 0 Å². The molecule has 1 amide bonds. The van der Waals surface area contributed by atoms with Gasteiger partial charge in [-0.1, -0.05) is 19.9 Å². The average molecular weight is 302 g/mol. The second-order valence-electron chi connectivity index (χ2n) is 7.01. The molecule has 3 nitrogen and oxygen atoms in total. The van der Waals surface area contributed by atoms with E-state index in [2.05, 4.69) is 33.8 Å². The van der Waals surface area contributed by atoms with Crippen LogP contribution in [0.25, 0.3) is 0 Å². The van der Waals surface area contributed by atoms with Crippen LogP contribution in [0.15, 0.2) is 18.2 Å². The Labute approximate surface area is 134 Å². The van der Waals surface area contributed by atoms with Gasteiger partial charge in [-0.2, -0.15) is 0 Å². The van der Waals surface area contributed by atoms with Crippen LogP contribution in [-0.2, 0) is 11.2 Å². The molecule has 1 fully saturated rings. The van der Waals surface area contributed by atoms with Crippen molar-refractivity contribution in [1.82, 2.24) is 0 Å². The van der Waals surface area contributed by atoms with Gasteiger partial charge >= 0.3 is 0 Å². The molecule has 0 aliphatic heterocycles. The van der Waals surface area contributed by atoms with E-state index in [0.29, 0.717) is 5.69 Å². The van der Waals surface area contributed by atoms with Crippen molar-refractivity contribution in [3.05, 3.63) is 23.8 Å². The van der Waals surface area contributed by atoms with Crippen LogP contribution in [0.3, 0.4) is 0 Å². The van der Waals surface area contributed by atoms with Crippen molar-refractivity contribution in [2.75, 3.05) is 10.6 Å². The Hall–Kier alpha value is -1.51. The lowest BCUT2D eigenvalue weighted by atomic mass is 9.82. The monoisotopic (exact) mass is 302 g/mol. The van der Waals surface area contributed by atoms with Gasteiger partial charge in [0.15, 0.2) is 0 Å². The fraction of sp³-hybridized carbons (Fsp3) is 0.632. The molecule has 22 heavy (non-hydrogen) atoms. The van der Waals surface area contributed by atoms with Crippen molar-refractivity contribution < 1.29 is 4.79 Å². The van der Waals surface area contributed by atoms with Crippen LogP contribution in [0, 0.1) is 11.8 Å². The van der Waals surface area contributed by atoms with E-state index < -0.39 is 0 Å². The van der Waals surface area contributed by atoms with E-state index in [9.17, 15) is 4.79 Å². The number of carbonyl (C=O) groups is 1. The summed E-state index contributed by atoms with van der Waals surface area (Å²) in [5, 5.41) is 0. The number of nitrogen functional groups attached to an aromatic ring is 1. The number of carbonyl (C=O) groups excluding carboxylic acids is 1. The zero-order valence-corrected chi connectivity index (χ0v) is 14.4. The Morgan fingerprint density at radius 2 is 1.91 bits per heavy atom. The second kappa shape index (κ2) is 7.17. The average Bonchev–Trinajstić information content (AvgIpc) is 2.49. The fourth-order valence-corrected chi connectivity index (χ4v) is 3.37. The molecular formula is C19H30N2O. The van der Waals surface area contributed by atoms with Crippen LogP contribution in [0.4, 0.5) is 11.4 Å². The fourth-order valence-electron chi connectivity index (χ4n) is 3.37. The largest absolute Gasteiger partial charge is 0.397 e. The molecule has 1 saturated carbocycles. The number of rotatable bonds is 4. The highest BCUT2D eigenvalue weighted by Crippen LogP contribution is 2.34. The number of hydrogen-bond donors (Lipinski definition) is 1. The van der Waals surface area contributed by atoms with Crippen molar-refractivity contribution in [3.63, 3.8) is 0 Å². The van der Waals surface area contributed by atoms with E-state index in [0.717, 1.165) is 43.7 Å². The Kier molecular flexibility index (Phi) is 5.49. The van der Waals surface area contributed by atoms with Crippen LogP contribution in [0.5, 0.6) is 0 Å². The van der Waals surface area contributed by atoms with E-state index in [1.54, 1.807) is 0 Å². The molecule has 2 N–H and O–H groups in total. The van der Waals surface area contributed by atoms with Crippen LogP contribution < -0.4 is 10.6 Å². The highest BCUT2D eigenvalue weighted by molar-refractivity contribution is 5.98. The van der Waals surface area contributed by atoms with Gasteiger partial charge in [-0.15, -0.1) is 0 Å². The lowest BCUT2D eigenvalue weighted by molar-refractivity contribution is -0.123. The number of anilines is 2. The first-order valence-corrected chi connectivity index (χ1v) is 8.65. The first kappa shape index (κ1) is 16.9. The topological polar surface area (TPSA) is 46.3 Å². The lowest BCUT2D eigenvalue weighted by Crippen LogP contribution is -2.42. The molecule has 0 saturated heterocycles. The summed E-state index contributed by atoms with van der Waals surface area (Å²) in [6, 6.07) is 6.18. The van der Waals surface area contributed by atoms with Crippen molar-refractivity contribution in [1.29, 1.82) is 0 Å². The first-order valence-electron chi connectivity index (χ1n) is 8.65. The lowest BCUT2D eigenvalue weighted by Gasteiger charge is -2.34. The number of nitrogens with zero attached hydrogens (tertiary/aromatic N) is 1. The third kappa shape index (κ3) is 3.63. The standard InChI is InChI=1S/C19H30N2O/c1-5-15-8-11-17(20)18(12-15)21(13(2)3)19(22)16-9-6-14(4)7-10-16/h8,11-14,16H,5-7,9-10,20H2,1-4H3. The van der Waals surface area contributed by atoms with E-state index in [-0.39, 0.29) is 17.9 Å². The molecular weight excluding hydrogens is 272 g/mol. The van der Waals surface area contributed by atoms with Crippen molar-refractivity contribution in [2.45, 2.75) is 65.8 Å². The molecule has 1 aromatic rings. The summed E-state index contributed by atoms with van der Waals surface area (Å²) in [4.78, 5) is 15.0. The summed E-state index contributed by atoms with van der Waals surface area (Å²) in [6.45, 7) is 8.55. The zero-order valence-electron chi connectivity index (χ0n) is 14.4.